The minimum Gasteiger partial charge on any atom is -0.442 e. The van der Waals surface area contributed by atoms with E-state index >= 15 is 0 Å². The van der Waals surface area contributed by atoms with Crippen LogP contribution in [0.25, 0.3) is 0 Å². The van der Waals surface area contributed by atoms with Crippen molar-refractivity contribution in [2.45, 2.75) is 38.7 Å². The molecule has 0 spiro atoms. The van der Waals surface area contributed by atoms with Gasteiger partial charge in [-0.15, -0.1) is 0 Å². The number of carbonyl (C=O) groups is 1. The van der Waals surface area contributed by atoms with Crippen molar-refractivity contribution in [1.82, 2.24) is 19.9 Å². The summed E-state index contributed by atoms with van der Waals surface area (Å²) in [7, 11) is 0. The van der Waals surface area contributed by atoms with E-state index in [-0.39, 0.29) is 6.10 Å². The zero-order chi connectivity index (χ0) is 21.8. The van der Waals surface area contributed by atoms with Gasteiger partial charge in [-0.3, -0.25) is 9.88 Å². The quantitative estimate of drug-likeness (QED) is 0.735. The van der Waals surface area contributed by atoms with Crippen molar-refractivity contribution >= 4 is 17.6 Å². The predicted molar refractivity (Wildman–Crippen MR) is 105 cm³/mol. The minimum atomic E-state index is -4.44. The van der Waals surface area contributed by atoms with E-state index in [1.807, 2.05) is 6.92 Å². The molecule has 2 fully saturated rings. The van der Waals surface area contributed by atoms with Crippen LogP contribution in [0, 0.1) is 6.92 Å². The number of aromatic nitrogens is 3. The Hall–Kier alpha value is -3.11. The van der Waals surface area contributed by atoms with Gasteiger partial charge < -0.3 is 14.5 Å². The highest BCUT2D eigenvalue weighted by Gasteiger charge is 2.37. The van der Waals surface area contributed by atoms with Gasteiger partial charge in [0.2, 0.25) is 0 Å². The Kier molecular flexibility index (Phi) is 4.63. The number of alkyl halides is 3. The lowest BCUT2D eigenvalue weighted by molar-refractivity contribution is -0.137. The first kappa shape index (κ1) is 19.8. The van der Waals surface area contributed by atoms with Crippen LogP contribution in [0.5, 0.6) is 0 Å². The lowest BCUT2D eigenvalue weighted by Gasteiger charge is -2.40. The average molecular weight is 434 g/mol. The van der Waals surface area contributed by atoms with E-state index in [2.05, 4.69) is 19.9 Å². The summed E-state index contributed by atoms with van der Waals surface area (Å²) >= 11 is 0. The van der Waals surface area contributed by atoms with E-state index in [0.29, 0.717) is 37.7 Å². The molecule has 0 aliphatic carbocycles. The third-order valence-electron chi connectivity index (χ3n) is 5.82. The Balaban J connectivity index is 1.19. The molecule has 2 aromatic rings. The van der Waals surface area contributed by atoms with E-state index in [1.165, 1.54) is 6.20 Å². The number of ether oxygens (including phenoxy) is 1. The summed E-state index contributed by atoms with van der Waals surface area (Å²) in [5.74, 6) is 1.58. The zero-order valence-corrected chi connectivity index (χ0v) is 16.9. The number of aryl methyl sites for hydroxylation is 1. The molecule has 11 heteroatoms. The Bertz CT molecular complexity index is 1020. The molecule has 0 unspecified atom stereocenters. The maximum Gasteiger partial charge on any atom is 0.417 e. The number of anilines is 2. The molecule has 3 aliphatic rings. The normalized spacial score (nSPS) is 18.5. The molecule has 164 valence electrons. The summed E-state index contributed by atoms with van der Waals surface area (Å²) in [6.07, 6.45) is -1.97. The molecule has 0 radical (unpaired) electrons. The number of halogens is 3. The molecule has 0 atom stereocenters. The van der Waals surface area contributed by atoms with E-state index in [1.54, 1.807) is 9.80 Å². The number of fused-ring (bicyclic) bond motifs is 1. The Morgan fingerprint density at radius 3 is 2.58 bits per heavy atom. The highest BCUT2D eigenvalue weighted by molar-refractivity contribution is 5.70. The van der Waals surface area contributed by atoms with Crippen molar-refractivity contribution in [1.29, 1.82) is 0 Å². The molecule has 2 aromatic heterocycles. The lowest BCUT2D eigenvalue weighted by Crippen LogP contribution is -2.54. The van der Waals surface area contributed by atoms with Gasteiger partial charge in [0, 0.05) is 24.8 Å². The number of hydrogen-bond donors (Lipinski definition) is 0. The van der Waals surface area contributed by atoms with Gasteiger partial charge in [0.05, 0.1) is 49.3 Å². The fourth-order valence-corrected chi connectivity index (χ4v) is 3.97. The highest BCUT2D eigenvalue weighted by Crippen LogP contribution is 2.34. The van der Waals surface area contributed by atoms with Crippen LogP contribution >= 0.6 is 0 Å². The van der Waals surface area contributed by atoms with Crippen molar-refractivity contribution in [3.63, 3.8) is 0 Å². The van der Waals surface area contributed by atoms with Gasteiger partial charge in [0.15, 0.2) is 0 Å². The van der Waals surface area contributed by atoms with Crippen molar-refractivity contribution in [2.75, 3.05) is 36.0 Å². The number of pyridine rings is 1. The summed E-state index contributed by atoms with van der Waals surface area (Å²) in [5, 5.41) is 0. The van der Waals surface area contributed by atoms with Crippen molar-refractivity contribution in [2.24, 2.45) is 0 Å². The number of rotatable bonds is 3. The number of hydrogen-bond acceptors (Lipinski definition) is 7. The first-order chi connectivity index (χ1) is 14.8. The summed E-state index contributed by atoms with van der Waals surface area (Å²) < 4.78 is 44.2. The summed E-state index contributed by atoms with van der Waals surface area (Å²) in [6, 6.07) is 1.06. The summed E-state index contributed by atoms with van der Waals surface area (Å²) in [5.41, 5.74) is 1.37. The molecule has 3 aliphatic heterocycles. The van der Waals surface area contributed by atoms with Crippen LogP contribution in [0.4, 0.5) is 29.5 Å². The van der Waals surface area contributed by atoms with E-state index in [4.69, 9.17) is 4.74 Å². The lowest BCUT2D eigenvalue weighted by atomic mass is 10.1. The predicted octanol–water partition coefficient (Wildman–Crippen LogP) is 2.75. The molecule has 31 heavy (non-hydrogen) atoms. The number of nitrogens with zero attached hydrogens (tertiary/aromatic N) is 6. The molecule has 1 amide bonds. The molecule has 0 bridgehead atoms. The van der Waals surface area contributed by atoms with Gasteiger partial charge >= 0.3 is 12.3 Å². The Labute approximate surface area is 176 Å². The van der Waals surface area contributed by atoms with E-state index in [9.17, 15) is 18.0 Å². The molecule has 0 aromatic carbocycles. The van der Waals surface area contributed by atoms with Gasteiger partial charge in [-0.25, -0.2) is 14.8 Å². The summed E-state index contributed by atoms with van der Waals surface area (Å²) in [6.45, 7) is 5.17. The van der Waals surface area contributed by atoms with Gasteiger partial charge in [-0.1, -0.05) is 0 Å². The van der Waals surface area contributed by atoms with Crippen LogP contribution in [0.1, 0.15) is 29.1 Å². The van der Waals surface area contributed by atoms with Crippen LogP contribution in [0.3, 0.4) is 0 Å². The third-order valence-corrected chi connectivity index (χ3v) is 5.82. The first-order valence-electron chi connectivity index (χ1n) is 10.1. The Morgan fingerprint density at radius 1 is 1.13 bits per heavy atom. The van der Waals surface area contributed by atoms with Crippen molar-refractivity contribution < 1.29 is 22.7 Å². The average Bonchev–Trinajstić information content (AvgIpc) is 3.06. The molecule has 2 saturated heterocycles. The molecule has 5 heterocycles. The minimum absolute atomic E-state index is 0.327. The Morgan fingerprint density at radius 2 is 1.90 bits per heavy atom. The van der Waals surface area contributed by atoms with Crippen LogP contribution in [-0.4, -0.2) is 58.2 Å². The van der Waals surface area contributed by atoms with Crippen LogP contribution in [0.15, 0.2) is 18.5 Å². The molecular formula is C20H21F3N6O2. The number of carbonyl (C=O) groups excluding carboxylic acids is 1. The van der Waals surface area contributed by atoms with Crippen LogP contribution < -0.4 is 9.80 Å². The second-order valence-corrected chi connectivity index (χ2v) is 8.06. The maximum atomic E-state index is 12.9. The second-order valence-electron chi connectivity index (χ2n) is 8.06. The second kappa shape index (κ2) is 7.24. The third kappa shape index (κ3) is 3.72. The first-order valence-corrected chi connectivity index (χ1v) is 10.1. The monoisotopic (exact) mass is 434 g/mol. The van der Waals surface area contributed by atoms with Crippen LogP contribution in [0.2, 0.25) is 0 Å². The molecule has 8 nitrogen and oxygen atoms in total. The number of amides is 1. The highest BCUT2D eigenvalue weighted by atomic mass is 19.4. The van der Waals surface area contributed by atoms with Gasteiger partial charge in [0.25, 0.3) is 0 Å². The fraction of sp³-hybridized carbons (Fsp3) is 0.500. The van der Waals surface area contributed by atoms with E-state index < -0.39 is 17.8 Å². The van der Waals surface area contributed by atoms with Gasteiger partial charge in [-0.05, 0) is 19.4 Å². The van der Waals surface area contributed by atoms with Crippen LogP contribution in [-0.2, 0) is 24.0 Å². The van der Waals surface area contributed by atoms with Crippen molar-refractivity contribution in [3.05, 3.63) is 41.1 Å². The maximum absolute atomic E-state index is 12.9. The zero-order valence-electron chi connectivity index (χ0n) is 16.9. The van der Waals surface area contributed by atoms with Crippen molar-refractivity contribution in [3.8, 4) is 0 Å². The SMILES string of the molecule is Cc1nc2c(c(N3CCC3)n1)CN(C(=O)OC1CN(c3cncc(C(F)(F)F)c3)C1)C2. The summed E-state index contributed by atoms with van der Waals surface area (Å²) in [4.78, 5) is 30.9. The van der Waals surface area contributed by atoms with Gasteiger partial charge in [0.1, 0.15) is 17.7 Å². The van der Waals surface area contributed by atoms with Gasteiger partial charge in [-0.2, -0.15) is 13.2 Å². The fourth-order valence-electron chi connectivity index (χ4n) is 3.97. The topological polar surface area (TPSA) is 74.7 Å². The molecule has 0 saturated carbocycles. The standard InChI is InChI=1S/C20H21F3N6O2/c1-12-25-17-11-29(10-16(17)18(26-12)27-3-2-4-27)19(30)31-15-8-28(9-15)14-5-13(6-24-7-14)20(21,22)23/h5-7,15H,2-4,8-11H2,1H3. The van der Waals surface area contributed by atoms with E-state index in [0.717, 1.165) is 48.8 Å². The smallest absolute Gasteiger partial charge is 0.417 e. The largest absolute Gasteiger partial charge is 0.442 e. The molecular weight excluding hydrogens is 413 g/mol. The molecule has 0 N–H and O–H groups in total. The molecule has 5 rings (SSSR count).